The fourth-order valence-electron chi connectivity index (χ4n) is 2.06. The number of carbonyl (C=O) groups is 1. The summed E-state index contributed by atoms with van der Waals surface area (Å²) in [4.78, 5) is 15.3. The van der Waals surface area contributed by atoms with Gasteiger partial charge in [0.2, 0.25) is 0 Å². The third kappa shape index (κ3) is 4.26. The van der Waals surface area contributed by atoms with Gasteiger partial charge >= 0.3 is 5.97 Å². The van der Waals surface area contributed by atoms with E-state index in [-0.39, 0.29) is 16.7 Å². The van der Waals surface area contributed by atoms with Crippen LogP contribution in [-0.4, -0.2) is 30.5 Å². The maximum absolute atomic E-state index is 11.0. The van der Waals surface area contributed by atoms with Crippen LogP contribution in [0.25, 0.3) is 0 Å². The van der Waals surface area contributed by atoms with Crippen LogP contribution in [0, 0.1) is 0 Å². The van der Waals surface area contributed by atoms with Gasteiger partial charge in [0.15, 0.2) is 11.5 Å². The van der Waals surface area contributed by atoms with Gasteiger partial charge in [0, 0.05) is 11.8 Å². The highest BCUT2D eigenvalue weighted by atomic mass is 35.5. The summed E-state index contributed by atoms with van der Waals surface area (Å²) in [6, 6.07) is 10.0. The zero-order chi connectivity index (χ0) is 17.7. The molecule has 2 aromatic rings. The lowest BCUT2D eigenvalue weighted by molar-refractivity contribution is 0.0697. The molecule has 0 atom stereocenters. The van der Waals surface area contributed by atoms with Crippen molar-refractivity contribution in [2.45, 2.75) is 20.0 Å². The molecule has 2 aromatic carbocycles. The fraction of sp³-hybridized carbons (Fsp3) is 0.222. The minimum absolute atomic E-state index is 0.0160. The first-order chi connectivity index (χ1) is 11.4. The number of methoxy groups -OCH3 is 1. The molecule has 24 heavy (non-hydrogen) atoms. The zero-order valence-corrected chi connectivity index (χ0v) is 14.4. The number of aliphatic imine (C=N–C) groups is 1. The van der Waals surface area contributed by atoms with Gasteiger partial charge in [0.1, 0.15) is 0 Å². The summed E-state index contributed by atoms with van der Waals surface area (Å²) in [6.45, 7) is 3.86. The summed E-state index contributed by atoms with van der Waals surface area (Å²) in [5.74, 6) is 0.148. The molecule has 0 aliphatic rings. The third-order valence-electron chi connectivity index (χ3n) is 3.12. The minimum atomic E-state index is -1.07. The second-order valence-corrected chi connectivity index (χ2v) is 5.68. The molecule has 5 nitrogen and oxygen atoms in total. The molecule has 0 spiro atoms. The van der Waals surface area contributed by atoms with Crippen LogP contribution >= 0.6 is 11.6 Å². The molecule has 0 amide bonds. The van der Waals surface area contributed by atoms with Crippen molar-refractivity contribution >= 4 is 29.5 Å². The van der Waals surface area contributed by atoms with Gasteiger partial charge in [0.05, 0.1) is 29.5 Å². The quantitative estimate of drug-likeness (QED) is 0.776. The van der Waals surface area contributed by atoms with E-state index in [9.17, 15) is 4.79 Å². The van der Waals surface area contributed by atoms with E-state index in [0.29, 0.717) is 17.2 Å². The molecule has 0 aliphatic heterocycles. The van der Waals surface area contributed by atoms with Crippen LogP contribution in [0.4, 0.5) is 5.69 Å². The van der Waals surface area contributed by atoms with Crippen LogP contribution in [0.2, 0.25) is 5.02 Å². The average molecular weight is 348 g/mol. The van der Waals surface area contributed by atoms with Crippen molar-refractivity contribution in [2.24, 2.45) is 4.99 Å². The smallest absolute Gasteiger partial charge is 0.337 e. The van der Waals surface area contributed by atoms with Crippen molar-refractivity contribution in [3.05, 3.63) is 52.5 Å². The Hall–Kier alpha value is -2.53. The summed E-state index contributed by atoms with van der Waals surface area (Å²) in [7, 11) is 1.58. The molecule has 126 valence electrons. The highest BCUT2D eigenvalue weighted by Crippen LogP contribution is 2.31. The van der Waals surface area contributed by atoms with E-state index in [1.54, 1.807) is 19.4 Å². The minimum Gasteiger partial charge on any atom is -0.493 e. The Morgan fingerprint density at radius 1 is 1.29 bits per heavy atom. The number of halogens is 1. The number of aromatic carboxylic acids is 1. The Balaban J connectivity index is 2.35. The molecule has 0 aromatic heterocycles. The van der Waals surface area contributed by atoms with Crippen molar-refractivity contribution in [2.75, 3.05) is 7.11 Å². The van der Waals surface area contributed by atoms with E-state index >= 15 is 0 Å². The molecule has 0 fully saturated rings. The number of carboxylic acid groups (broad SMARTS) is 1. The molecule has 0 saturated heterocycles. The van der Waals surface area contributed by atoms with Gasteiger partial charge < -0.3 is 14.6 Å². The standard InChI is InChI=1S/C18H18ClNO4/c1-11(2)24-17-12(5-4-6-16(17)23-3)10-20-13-7-8-14(18(21)22)15(19)9-13/h4-11H,1-3H3,(H,21,22). The maximum atomic E-state index is 11.0. The van der Waals surface area contributed by atoms with E-state index in [4.69, 9.17) is 26.2 Å². The van der Waals surface area contributed by atoms with Crippen LogP contribution in [0.1, 0.15) is 29.8 Å². The molecular weight excluding hydrogens is 330 g/mol. The van der Waals surface area contributed by atoms with Crippen molar-refractivity contribution in [1.82, 2.24) is 0 Å². The van der Waals surface area contributed by atoms with E-state index in [1.165, 1.54) is 12.1 Å². The first-order valence-corrected chi connectivity index (χ1v) is 7.70. The van der Waals surface area contributed by atoms with E-state index in [0.717, 1.165) is 5.56 Å². The monoisotopic (exact) mass is 347 g/mol. The number of hydrogen-bond acceptors (Lipinski definition) is 4. The molecule has 0 aliphatic carbocycles. The molecule has 0 radical (unpaired) electrons. The molecule has 0 unspecified atom stereocenters. The maximum Gasteiger partial charge on any atom is 0.337 e. The SMILES string of the molecule is COc1cccc(C=Nc2ccc(C(=O)O)c(Cl)c2)c1OC(C)C. The van der Waals surface area contributed by atoms with Crippen molar-refractivity contribution in [3.63, 3.8) is 0 Å². The predicted molar refractivity (Wildman–Crippen MR) is 94.4 cm³/mol. The first-order valence-electron chi connectivity index (χ1n) is 7.33. The second kappa shape index (κ2) is 7.84. The topological polar surface area (TPSA) is 68.1 Å². The number of para-hydroxylation sites is 1. The Morgan fingerprint density at radius 2 is 2.04 bits per heavy atom. The number of carboxylic acids is 1. The Bertz CT molecular complexity index is 772. The van der Waals surface area contributed by atoms with Gasteiger partial charge in [-0.25, -0.2) is 4.79 Å². The lowest BCUT2D eigenvalue weighted by Gasteiger charge is -2.15. The number of benzene rings is 2. The third-order valence-corrected chi connectivity index (χ3v) is 3.43. The van der Waals surface area contributed by atoms with Crippen molar-refractivity contribution in [1.29, 1.82) is 0 Å². The molecule has 0 bridgehead atoms. The number of nitrogens with zero attached hydrogens (tertiary/aromatic N) is 1. The molecule has 0 saturated carbocycles. The van der Waals surface area contributed by atoms with Gasteiger partial charge in [-0.1, -0.05) is 17.7 Å². The molecule has 0 heterocycles. The number of hydrogen-bond donors (Lipinski definition) is 1. The zero-order valence-electron chi connectivity index (χ0n) is 13.6. The molecule has 2 rings (SSSR count). The van der Waals surface area contributed by atoms with Gasteiger partial charge in [-0.05, 0) is 44.2 Å². The molecule has 6 heteroatoms. The number of ether oxygens (including phenoxy) is 2. The van der Waals surface area contributed by atoms with Crippen LogP contribution in [0.3, 0.4) is 0 Å². The van der Waals surface area contributed by atoms with E-state index in [1.807, 2.05) is 32.0 Å². The summed E-state index contributed by atoms with van der Waals surface area (Å²) >= 11 is 5.95. The van der Waals surface area contributed by atoms with Crippen LogP contribution < -0.4 is 9.47 Å². The van der Waals surface area contributed by atoms with Crippen LogP contribution in [0.15, 0.2) is 41.4 Å². The highest BCUT2D eigenvalue weighted by Gasteiger charge is 2.11. The van der Waals surface area contributed by atoms with E-state index < -0.39 is 5.97 Å². The fourth-order valence-corrected chi connectivity index (χ4v) is 2.31. The summed E-state index contributed by atoms with van der Waals surface area (Å²) < 4.78 is 11.1. The Morgan fingerprint density at radius 3 is 2.62 bits per heavy atom. The van der Waals surface area contributed by atoms with Crippen molar-refractivity contribution < 1.29 is 19.4 Å². The second-order valence-electron chi connectivity index (χ2n) is 5.27. The van der Waals surface area contributed by atoms with Gasteiger partial charge in [0.25, 0.3) is 0 Å². The largest absolute Gasteiger partial charge is 0.493 e. The highest BCUT2D eigenvalue weighted by molar-refractivity contribution is 6.33. The van der Waals surface area contributed by atoms with Gasteiger partial charge in [-0.3, -0.25) is 4.99 Å². The van der Waals surface area contributed by atoms with Gasteiger partial charge in [-0.2, -0.15) is 0 Å². The normalized spacial score (nSPS) is 11.0. The first kappa shape index (κ1) is 17.8. The van der Waals surface area contributed by atoms with Crippen molar-refractivity contribution in [3.8, 4) is 11.5 Å². The molecular formula is C18H18ClNO4. The lowest BCUT2D eigenvalue weighted by Crippen LogP contribution is -2.08. The molecule has 1 N–H and O–H groups in total. The van der Waals surface area contributed by atoms with Crippen LogP contribution in [0.5, 0.6) is 11.5 Å². The van der Waals surface area contributed by atoms with Gasteiger partial charge in [-0.15, -0.1) is 0 Å². The predicted octanol–water partition coefficient (Wildman–Crippen LogP) is 4.58. The summed E-state index contributed by atoms with van der Waals surface area (Å²) in [5, 5.41) is 9.13. The Kier molecular flexibility index (Phi) is 5.82. The number of rotatable bonds is 6. The van der Waals surface area contributed by atoms with E-state index in [2.05, 4.69) is 4.99 Å². The average Bonchev–Trinajstić information content (AvgIpc) is 2.53. The lowest BCUT2D eigenvalue weighted by atomic mass is 10.2. The summed E-state index contributed by atoms with van der Waals surface area (Å²) in [6.07, 6.45) is 1.62. The Labute approximate surface area is 145 Å². The van der Waals surface area contributed by atoms with Crippen LogP contribution in [-0.2, 0) is 0 Å². The summed E-state index contributed by atoms with van der Waals surface area (Å²) in [5.41, 5.74) is 1.34.